The highest BCUT2D eigenvalue weighted by Crippen LogP contribution is 2.36. The Hall–Kier alpha value is -4.96. The van der Waals surface area contributed by atoms with Gasteiger partial charge in [0.25, 0.3) is 0 Å². The fourth-order valence-electron chi connectivity index (χ4n) is 5.42. The SMILES string of the molecule is CC(C)(C)OC(=O)Nc1cncc(C(=O)C[C@@]2(C(=O)O)CCOC2)c1.CCCCOC(=O)[C@]1(CC(=O)c2cncc(NC(=O)OC(C)(C)C)c2)CCOC1. The number of ketones is 2. The molecule has 0 saturated carbocycles. The summed E-state index contributed by atoms with van der Waals surface area (Å²) in [5, 5.41) is 14.5. The Kier molecular flexibility index (Phi) is 15.2. The maximum atomic E-state index is 12.9. The topological polar surface area (TPSA) is 219 Å². The predicted molar refractivity (Wildman–Crippen MR) is 195 cm³/mol. The van der Waals surface area contributed by atoms with Crippen molar-refractivity contribution < 1.29 is 57.6 Å². The van der Waals surface area contributed by atoms with Crippen LogP contribution in [0, 0.1) is 10.8 Å². The summed E-state index contributed by atoms with van der Waals surface area (Å²) in [6, 6.07) is 2.97. The van der Waals surface area contributed by atoms with E-state index in [2.05, 4.69) is 20.6 Å². The van der Waals surface area contributed by atoms with E-state index in [1.807, 2.05) is 6.92 Å². The van der Waals surface area contributed by atoms with Crippen LogP contribution in [0.3, 0.4) is 0 Å². The fraction of sp³-hybridized carbons (Fsp3) is 0.579. The third-order valence-electron chi connectivity index (χ3n) is 8.23. The van der Waals surface area contributed by atoms with E-state index in [0.29, 0.717) is 43.2 Å². The molecule has 2 aromatic heterocycles. The van der Waals surface area contributed by atoms with E-state index in [-0.39, 0.29) is 49.6 Å². The zero-order chi connectivity index (χ0) is 40.2. The van der Waals surface area contributed by atoms with Crippen molar-refractivity contribution in [3.8, 4) is 0 Å². The fourth-order valence-corrected chi connectivity index (χ4v) is 5.42. The highest BCUT2D eigenvalue weighted by Gasteiger charge is 2.46. The molecule has 2 atom stereocenters. The number of anilines is 2. The number of nitrogens with zero attached hydrogens (tertiary/aromatic N) is 2. The Morgan fingerprint density at radius 3 is 1.57 bits per heavy atom. The van der Waals surface area contributed by atoms with Crippen LogP contribution in [-0.2, 0) is 33.3 Å². The van der Waals surface area contributed by atoms with Gasteiger partial charge in [-0.2, -0.15) is 0 Å². The lowest BCUT2D eigenvalue weighted by molar-refractivity contribution is -0.156. The molecule has 296 valence electrons. The molecule has 2 aliphatic heterocycles. The first-order valence-corrected chi connectivity index (χ1v) is 17.8. The summed E-state index contributed by atoms with van der Waals surface area (Å²) in [7, 11) is 0. The van der Waals surface area contributed by atoms with Crippen LogP contribution >= 0.6 is 0 Å². The predicted octanol–water partition coefficient (Wildman–Crippen LogP) is 6.24. The smallest absolute Gasteiger partial charge is 0.412 e. The van der Waals surface area contributed by atoms with Crippen LogP contribution in [0.1, 0.15) is 108 Å². The normalized spacial score (nSPS) is 19.5. The third-order valence-corrected chi connectivity index (χ3v) is 8.23. The number of unbranched alkanes of at least 4 members (excludes halogenated alkanes) is 1. The quantitative estimate of drug-likeness (QED) is 0.0892. The number of Topliss-reactive ketones (excluding diaryl/α,β-unsaturated/α-hetero) is 2. The minimum atomic E-state index is -1.20. The number of carbonyl (C=O) groups is 6. The Bertz CT molecular complexity index is 1650. The molecule has 0 bridgehead atoms. The zero-order valence-electron chi connectivity index (χ0n) is 32.1. The van der Waals surface area contributed by atoms with Gasteiger partial charge in [-0.15, -0.1) is 0 Å². The second kappa shape index (κ2) is 18.9. The van der Waals surface area contributed by atoms with Crippen molar-refractivity contribution in [1.82, 2.24) is 9.97 Å². The number of amides is 2. The van der Waals surface area contributed by atoms with Crippen LogP contribution in [0.25, 0.3) is 0 Å². The van der Waals surface area contributed by atoms with Gasteiger partial charge >= 0.3 is 24.1 Å². The molecule has 16 heteroatoms. The molecule has 0 radical (unpaired) electrons. The molecule has 2 amide bonds. The monoisotopic (exact) mass is 756 g/mol. The van der Waals surface area contributed by atoms with Gasteiger partial charge in [0.05, 0.1) is 43.6 Å². The van der Waals surface area contributed by atoms with Gasteiger partial charge in [-0.25, -0.2) is 9.59 Å². The largest absolute Gasteiger partial charge is 0.481 e. The number of pyridine rings is 2. The van der Waals surface area contributed by atoms with Crippen LogP contribution in [0.4, 0.5) is 21.0 Å². The van der Waals surface area contributed by atoms with Gasteiger partial charge in [-0.1, -0.05) is 13.3 Å². The van der Waals surface area contributed by atoms with E-state index >= 15 is 0 Å². The van der Waals surface area contributed by atoms with Crippen LogP contribution in [0.2, 0.25) is 0 Å². The highest BCUT2D eigenvalue weighted by atomic mass is 16.6. The van der Waals surface area contributed by atoms with Crippen molar-refractivity contribution in [1.29, 1.82) is 0 Å². The van der Waals surface area contributed by atoms with E-state index in [0.717, 1.165) is 12.8 Å². The Balaban J connectivity index is 0.000000294. The van der Waals surface area contributed by atoms with Crippen molar-refractivity contribution in [3.05, 3.63) is 48.0 Å². The average molecular weight is 757 g/mol. The first kappa shape index (κ1) is 43.4. The summed E-state index contributed by atoms with van der Waals surface area (Å²) < 4.78 is 26.3. The maximum absolute atomic E-state index is 12.9. The zero-order valence-corrected chi connectivity index (χ0v) is 32.1. The molecule has 0 unspecified atom stereocenters. The van der Waals surface area contributed by atoms with Crippen molar-refractivity contribution in [3.63, 3.8) is 0 Å². The first-order chi connectivity index (χ1) is 25.3. The second-order valence-electron chi connectivity index (χ2n) is 15.3. The molecule has 16 nitrogen and oxygen atoms in total. The molecule has 2 aromatic rings. The van der Waals surface area contributed by atoms with E-state index in [1.165, 1.54) is 36.9 Å². The van der Waals surface area contributed by atoms with E-state index in [9.17, 15) is 33.9 Å². The number of rotatable bonds is 13. The van der Waals surface area contributed by atoms with E-state index < -0.39 is 46.2 Å². The molecule has 4 rings (SSSR count). The van der Waals surface area contributed by atoms with Crippen LogP contribution < -0.4 is 10.6 Å². The average Bonchev–Trinajstić information content (AvgIpc) is 3.75. The van der Waals surface area contributed by atoms with Gasteiger partial charge in [0.15, 0.2) is 11.6 Å². The Morgan fingerprint density at radius 1 is 0.741 bits per heavy atom. The number of esters is 1. The Morgan fingerprint density at radius 2 is 1.19 bits per heavy atom. The summed E-state index contributed by atoms with van der Waals surface area (Å²) in [6.07, 6.45) is 6.47. The summed E-state index contributed by atoms with van der Waals surface area (Å²) in [6.45, 7) is 13.7. The minimum Gasteiger partial charge on any atom is -0.481 e. The van der Waals surface area contributed by atoms with Crippen LogP contribution in [-0.4, -0.2) is 95.0 Å². The molecule has 2 saturated heterocycles. The first-order valence-electron chi connectivity index (χ1n) is 17.8. The number of carboxylic acid groups (broad SMARTS) is 1. The number of ether oxygens (including phenoxy) is 5. The number of hydrogen-bond donors (Lipinski definition) is 3. The molecule has 4 heterocycles. The van der Waals surface area contributed by atoms with Crippen molar-refractivity contribution in [2.45, 2.75) is 98.2 Å². The summed E-state index contributed by atoms with van der Waals surface area (Å²) in [4.78, 5) is 81.1. The molecular formula is C38H52N4O12. The van der Waals surface area contributed by atoms with Crippen molar-refractivity contribution in [2.24, 2.45) is 10.8 Å². The molecule has 0 aromatic carbocycles. The van der Waals surface area contributed by atoms with Crippen LogP contribution in [0.15, 0.2) is 36.9 Å². The number of carboxylic acids is 1. The van der Waals surface area contributed by atoms with Gasteiger partial charge in [-0.05, 0) is 72.9 Å². The highest BCUT2D eigenvalue weighted by molar-refractivity contribution is 6.01. The van der Waals surface area contributed by atoms with Crippen molar-refractivity contribution >= 4 is 47.1 Å². The lowest BCUT2D eigenvalue weighted by Crippen LogP contribution is -2.36. The summed E-state index contributed by atoms with van der Waals surface area (Å²) >= 11 is 0. The lowest BCUT2D eigenvalue weighted by atomic mass is 9.81. The number of carbonyl (C=O) groups excluding carboxylic acids is 5. The minimum absolute atomic E-state index is 0.0113. The number of nitrogens with one attached hydrogen (secondary N) is 2. The lowest BCUT2D eigenvalue weighted by Gasteiger charge is -2.24. The molecule has 2 aliphatic rings. The molecule has 2 fully saturated rings. The van der Waals surface area contributed by atoms with E-state index in [1.54, 1.807) is 41.5 Å². The molecule has 0 aliphatic carbocycles. The van der Waals surface area contributed by atoms with Crippen LogP contribution in [0.5, 0.6) is 0 Å². The van der Waals surface area contributed by atoms with Gasteiger partial charge in [-0.3, -0.25) is 39.8 Å². The number of hydrogen-bond acceptors (Lipinski definition) is 13. The van der Waals surface area contributed by atoms with Gasteiger partial charge < -0.3 is 28.8 Å². The third kappa shape index (κ3) is 13.5. The van der Waals surface area contributed by atoms with Gasteiger partial charge in [0.1, 0.15) is 22.0 Å². The molecule has 54 heavy (non-hydrogen) atoms. The maximum Gasteiger partial charge on any atom is 0.412 e. The summed E-state index contributed by atoms with van der Waals surface area (Å²) in [5.74, 6) is -2.07. The standard InChI is InChI=1S/C21H30N2O6.C17H22N2O6/c1-5-6-8-28-18(25)21(7-9-27-14-21)11-17(24)15-10-16(13-22-12-15)23-19(26)29-20(2,3)4;1-16(2,3)25-15(23)19-12-6-11(8-18-9-12)13(20)7-17(14(21)22)4-5-24-10-17/h10,12-13H,5-9,11,14H2,1-4H3,(H,23,26);6,8-9H,4-5,7,10H2,1-3H3,(H,19,23)(H,21,22)/t21-;17-/m00/s1. The number of aliphatic carboxylic acids is 1. The molecular weight excluding hydrogens is 704 g/mol. The molecule has 3 N–H and O–H groups in total. The van der Waals surface area contributed by atoms with Crippen molar-refractivity contribution in [2.75, 3.05) is 43.7 Å². The summed E-state index contributed by atoms with van der Waals surface area (Å²) in [5.41, 5.74) is -2.31. The van der Waals surface area contributed by atoms with E-state index in [4.69, 9.17) is 23.7 Å². The second-order valence-corrected chi connectivity index (χ2v) is 15.3. The van der Waals surface area contributed by atoms with Gasteiger partial charge in [0.2, 0.25) is 0 Å². The number of aromatic nitrogens is 2. The van der Waals surface area contributed by atoms with Gasteiger partial charge in [0, 0.05) is 49.6 Å². The molecule has 0 spiro atoms. The Labute approximate surface area is 315 Å².